The van der Waals surface area contributed by atoms with Gasteiger partial charge in [-0.15, -0.1) is 0 Å². The fourth-order valence-corrected chi connectivity index (χ4v) is 4.67. The summed E-state index contributed by atoms with van der Waals surface area (Å²) in [5.41, 5.74) is 6.42. The van der Waals surface area contributed by atoms with Crippen molar-refractivity contribution in [3.05, 3.63) is 83.4 Å². The van der Waals surface area contributed by atoms with Crippen molar-refractivity contribution in [2.75, 3.05) is 13.7 Å². The van der Waals surface area contributed by atoms with Crippen LogP contribution in [0, 0.1) is 0 Å². The molecule has 1 aliphatic heterocycles. The van der Waals surface area contributed by atoms with Crippen LogP contribution in [0.5, 0.6) is 0 Å². The molecule has 3 rings (SSSR count). The van der Waals surface area contributed by atoms with E-state index in [0.717, 1.165) is 16.7 Å². The number of allylic oxidation sites excluding steroid dienone is 2. The summed E-state index contributed by atoms with van der Waals surface area (Å²) in [6, 6.07) is 16.3. The monoisotopic (exact) mass is 592 g/mol. The van der Waals surface area contributed by atoms with Gasteiger partial charge in [-0.05, 0) is 42.4 Å². The zero-order valence-corrected chi connectivity index (χ0v) is 24.4. The number of carbonyl (C=O) groups is 4. The van der Waals surface area contributed by atoms with Gasteiger partial charge in [0.25, 0.3) is 0 Å². The Labute approximate surface area is 251 Å². The molecule has 2 aromatic carbocycles. The first-order chi connectivity index (χ1) is 20.9. The second kappa shape index (κ2) is 18.2. The lowest BCUT2D eigenvalue weighted by atomic mass is 9.99. The maximum Gasteiger partial charge on any atom is 0.306 e. The van der Waals surface area contributed by atoms with Gasteiger partial charge in [-0.1, -0.05) is 66.7 Å². The van der Waals surface area contributed by atoms with E-state index in [2.05, 4.69) is 10.5 Å². The summed E-state index contributed by atoms with van der Waals surface area (Å²) in [7, 11) is 1.56. The number of hydrogen-bond donors (Lipinski definition) is 3. The topological polar surface area (TPSA) is 147 Å². The van der Waals surface area contributed by atoms with Crippen molar-refractivity contribution in [1.82, 2.24) is 15.8 Å². The number of unbranched alkanes of at least 4 members (excludes halogenated alkanes) is 1. The molecule has 11 nitrogen and oxygen atoms in total. The molecular weight excluding hydrogens is 552 g/mol. The molecule has 0 aromatic heterocycles. The van der Waals surface area contributed by atoms with E-state index in [0.29, 0.717) is 32.1 Å². The van der Waals surface area contributed by atoms with E-state index in [1.807, 2.05) is 66.7 Å². The van der Waals surface area contributed by atoms with Crippen molar-refractivity contribution in [3.63, 3.8) is 0 Å². The van der Waals surface area contributed by atoms with E-state index in [1.165, 1.54) is 6.21 Å². The van der Waals surface area contributed by atoms with Gasteiger partial charge in [0.2, 0.25) is 17.7 Å². The van der Waals surface area contributed by atoms with E-state index < -0.39 is 18.1 Å². The first-order valence-electron chi connectivity index (χ1n) is 14.4. The Morgan fingerprint density at radius 1 is 1.00 bits per heavy atom. The van der Waals surface area contributed by atoms with Crippen molar-refractivity contribution in [2.24, 2.45) is 5.10 Å². The van der Waals surface area contributed by atoms with Crippen molar-refractivity contribution >= 4 is 29.9 Å². The normalized spacial score (nSPS) is 18.8. The molecule has 11 heteroatoms. The SMILES string of the molecule is COC[C@H]1[C@H](c2ccccc2)OC(=O)CC/C=C/CCC(=O)N1Cc1ccc(/C=N/NC(=O)CCCCC(=O)NO)cc1. The molecule has 230 valence electrons. The lowest BCUT2D eigenvalue weighted by Gasteiger charge is -2.37. The highest BCUT2D eigenvalue weighted by atomic mass is 16.5. The van der Waals surface area contributed by atoms with Crippen LogP contribution in [0.2, 0.25) is 0 Å². The van der Waals surface area contributed by atoms with Crippen LogP contribution in [0.4, 0.5) is 0 Å². The Hall–Kier alpha value is -4.35. The Kier molecular flexibility index (Phi) is 14.1. The molecule has 0 spiro atoms. The number of cyclic esters (lactones) is 1. The number of methoxy groups -OCH3 is 1. The van der Waals surface area contributed by atoms with Gasteiger partial charge in [-0.3, -0.25) is 24.4 Å². The highest BCUT2D eigenvalue weighted by molar-refractivity contribution is 5.82. The van der Waals surface area contributed by atoms with E-state index >= 15 is 0 Å². The van der Waals surface area contributed by atoms with Crippen LogP contribution in [-0.4, -0.2) is 59.8 Å². The molecule has 1 heterocycles. The van der Waals surface area contributed by atoms with Crippen LogP contribution < -0.4 is 10.9 Å². The van der Waals surface area contributed by atoms with Gasteiger partial charge >= 0.3 is 5.97 Å². The second-order valence-electron chi connectivity index (χ2n) is 10.2. The average molecular weight is 593 g/mol. The average Bonchev–Trinajstić information content (AvgIpc) is 3.02. The standard InChI is InChI=1S/C32H40N4O7/c1-42-23-27-32(26-11-5-4-6-12-26)43-31(40)16-8-3-2-7-15-30(39)36(27)22-25-19-17-24(18-20-25)21-33-34-28(37)13-9-10-14-29(38)35-41/h2-6,11-12,17-21,27,32,41H,7-10,13-16,22-23H2,1H3,(H,34,37)(H,35,38)/b3-2+,33-21+/t27-,32-/m0/s1. The molecule has 1 aliphatic rings. The van der Waals surface area contributed by atoms with Crippen molar-refractivity contribution in [3.8, 4) is 0 Å². The van der Waals surface area contributed by atoms with Gasteiger partial charge in [-0.25, -0.2) is 10.9 Å². The van der Waals surface area contributed by atoms with Crippen LogP contribution >= 0.6 is 0 Å². The molecule has 0 fully saturated rings. The van der Waals surface area contributed by atoms with Gasteiger partial charge in [0.05, 0.1) is 18.9 Å². The predicted molar refractivity (Wildman–Crippen MR) is 160 cm³/mol. The highest BCUT2D eigenvalue weighted by Gasteiger charge is 2.34. The van der Waals surface area contributed by atoms with Crippen LogP contribution in [-0.2, 0) is 35.2 Å². The summed E-state index contributed by atoms with van der Waals surface area (Å²) in [5, 5.41) is 12.5. The molecule has 2 aromatic rings. The minimum Gasteiger partial charge on any atom is -0.455 e. The molecule has 43 heavy (non-hydrogen) atoms. The molecular formula is C32H40N4O7. The third-order valence-electron chi connectivity index (χ3n) is 6.92. The Morgan fingerprint density at radius 2 is 1.67 bits per heavy atom. The number of hydrazone groups is 1. The van der Waals surface area contributed by atoms with E-state index in [4.69, 9.17) is 14.7 Å². The number of ether oxygens (including phenoxy) is 2. The smallest absolute Gasteiger partial charge is 0.306 e. The molecule has 0 unspecified atom stereocenters. The minimum absolute atomic E-state index is 0.0744. The lowest BCUT2D eigenvalue weighted by Crippen LogP contribution is -2.47. The van der Waals surface area contributed by atoms with Crippen molar-refractivity contribution < 1.29 is 33.9 Å². The fraction of sp³-hybridized carbons (Fsp3) is 0.406. The van der Waals surface area contributed by atoms with E-state index in [-0.39, 0.29) is 50.2 Å². The van der Waals surface area contributed by atoms with Gasteiger partial charge in [0.1, 0.15) is 6.10 Å². The molecule has 0 saturated carbocycles. The highest BCUT2D eigenvalue weighted by Crippen LogP contribution is 2.29. The lowest BCUT2D eigenvalue weighted by molar-refractivity contribution is -0.159. The Bertz CT molecular complexity index is 1250. The zero-order valence-electron chi connectivity index (χ0n) is 24.4. The van der Waals surface area contributed by atoms with Gasteiger partial charge in [-0.2, -0.15) is 5.10 Å². The number of nitrogens with zero attached hydrogens (tertiary/aromatic N) is 2. The number of benzene rings is 2. The number of hydroxylamine groups is 1. The third-order valence-corrected chi connectivity index (χ3v) is 6.92. The number of rotatable bonds is 12. The van der Waals surface area contributed by atoms with E-state index in [1.54, 1.807) is 17.5 Å². The molecule has 0 saturated heterocycles. The summed E-state index contributed by atoms with van der Waals surface area (Å²) >= 11 is 0. The number of amides is 3. The second-order valence-corrected chi connectivity index (χ2v) is 10.2. The van der Waals surface area contributed by atoms with Crippen LogP contribution in [0.3, 0.4) is 0 Å². The molecule has 3 amide bonds. The third kappa shape index (κ3) is 11.4. The van der Waals surface area contributed by atoms with Gasteiger partial charge in [0.15, 0.2) is 0 Å². The molecule has 2 atom stereocenters. The molecule has 0 aliphatic carbocycles. The summed E-state index contributed by atoms with van der Waals surface area (Å²) in [4.78, 5) is 51.1. The first kappa shape index (κ1) is 33.2. The number of esters is 1. The predicted octanol–water partition coefficient (Wildman–Crippen LogP) is 3.96. The Morgan fingerprint density at radius 3 is 2.35 bits per heavy atom. The number of carbonyl (C=O) groups excluding carboxylic acids is 4. The number of nitrogens with one attached hydrogen (secondary N) is 2. The maximum absolute atomic E-state index is 13.6. The Balaban J connectivity index is 1.73. The largest absolute Gasteiger partial charge is 0.455 e. The summed E-state index contributed by atoms with van der Waals surface area (Å²) in [6.07, 6.45) is 7.64. The number of hydrogen-bond acceptors (Lipinski definition) is 8. The summed E-state index contributed by atoms with van der Waals surface area (Å²) in [6.45, 7) is 0.452. The van der Waals surface area contributed by atoms with E-state index in [9.17, 15) is 19.2 Å². The zero-order chi connectivity index (χ0) is 30.9. The van der Waals surface area contributed by atoms with Gasteiger partial charge in [0, 0.05) is 39.3 Å². The van der Waals surface area contributed by atoms with Crippen LogP contribution in [0.25, 0.3) is 0 Å². The fourth-order valence-electron chi connectivity index (χ4n) is 4.67. The summed E-state index contributed by atoms with van der Waals surface area (Å²) in [5.74, 6) is -1.17. The summed E-state index contributed by atoms with van der Waals surface area (Å²) < 4.78 is 11.6. The van der Waals surface area contributed by atoms with Crippen molar-refractivity contribution in [1.29, 1.82) is 0 Å². The molecule has 0 bridgehead atoms. The van der Waals surface area contributed by atoms with Crippen LogP contribution in [0.1, 0.15) is 74.2 Å². The maximum atomic E-state index is 13.6. The molecule has 3 N–H and O–H groups in total. The van der Waals surface area contributed by atoms with Crippen LogP contribution in [0.15, 0.2) is 71.9 Å². The minimum atomic E-state index is -0.706. The van der Waals surface area contributed by atoms with Gasteiger partial charge < -0.3 is 14.4 Å². The quantitative estimate of drug-likeness (QED) is 0.0844. The van der Waals surface area contributed by atoms with Crippen molar-refractivity contribution in [2.45, 2.75) is 70.1 Å². The first-order valence-corrected chi connectivity index (χ1v) is 14.4. The molecule has 0 radical (unpaired) electrons.